The molecule has 1 aliphatic heterocycles. The molecule has 1 atom stereocenters. The van der Waals surface area contributed by atoms with Gasteiger partial charge in [0.1, 0.15) is 0 Å². The molecule has 0 radical (unpaired) electrons. The van der Waals surface area contributed by atoms with Crippen molar-refractivity contribution in [3.8, 4) is 0 Å². The lowest BCUT2D eigenvalue weighted by Gasteiger charge is -2.23. The number of hydrogen-bond acceptors (Lipinski definition) is 4. The van der Waals surface area contributed by atoms with Gasteiger partial charge in [-0.25, -0.2) is 13.1 Å². The van der Waals surface area contributed by atoms with Gasteiger partial charge in [0.15, 0.2) is 0 Å². The van der Waals surface area contributed by atoms with Gasteiger partial charge in [0, 0.05) is 19.2 Å². The largest absolute Gasteiger partial charge is 0.381 e. The molecule has 2 N–H and O–H groups in total. The molecule has 1 heterocycles. The van der Waals surface area contributed by atoms with Crippen LogP contribution in [-0.2, 0) is 14.8 Å². The smallest absolute Gasteiger partial charge is 0.213 e. The van der Waals surface area contributed by atoms with Crippen LogP contribution in [0.25, 0.3) is 0 Å². The monoisotopic (exact) mass is 264 g/mol. The molecule has 0 spiro atoms. The first-order valence-corrected chi connectivity index (χ1v) is 8.08. The van der Waals surface area contributed by atoms with Gasteiger partial charge < -0.3 is 10.1 Å². The van der Waals surface area contributed by atoms with Crippen molar-refractivity contribution < 1.29 is 13.2 Å². The van der Waals surface area contributed by atoms with E-state index >= 15 is 0 Å². The molecule has 17 heavy (non-hydrogen) atoms. The maximum Gasteiger partial charge on any atom is 0.213 e. The van der Waals surface area contributed by atoms with E-state index < -0.39 is 10.0 Å². The summed E-state index contributed by atoms with van der Waals surface area (Å²) in [6.45, 7) is 4.26. The Kier molecular flexibility index (Phi) is 7.03. The molecule has 0 aromatic rings. The lowest BCUT2D eigenvalue weighted by Crippen LogP contribution is -2.38. The molecule has 0 bridgehead atoms. The number of rotatable bonds is 8. The zero-order valence-electron chi connectivity index (χ0n) is 10.6. The van der Waals surface area contributed by atoms with Crippen LogP contribution in [-0.4, -0.2) is 46.5 Å². The fourth-order valence-electron chi connectivity index (χ4n) is 1.94. The molecule has 0 aromatic heterocycles. The topological polar surface area (TPSA) is 67.4 Å². The van der Waals surface area contributed by atoms with E-state index in [1.807, 2.05) is 6.92 Å². The van der Waals surface area contributed by atoms with Gasteiger partial charge in [0.2, 0.25) is 10.0 Å². The highest BCUT2D eigenvalue weighted by Gasteiger charge is 2.14. The van der Waals surface area contributed by atoms with Gasteiger partial charge in [-0.05, 0) is 32.7 Å². The predicted molar refractivity (Wildman–Crippen MR) is 68.5 cm³/mol. The third-order valence-electron chi connectivity index (χ3n) is 2.93. The Balaban J connectivity index is 2.11. The van der Waals surface area contributed by atoms with E-state index in [1.54, 1.807) is 0 Å². The van der Waals surface area contributed by atoms with Crippen LogP contribution in [0.1, 0.15) is 32.6 Å². The Labute approximate surface area is 104 Å². The van der Waals surface area contributed by atoms with E-state index in [1.165, 1.54) is 12.8 Å². The van der Waals surface area contributed by atoms with E-state index in [9.17, 15) is 8.42 Å². The minimum Gasteiger partial charge on any atom is -0.381 e. The Hall–Kier alpha value is -0.170. The average molecular weight is 264 g/mol. The summed E-state index contributed by atoms with van der Waals surface area (Å²) in [7, 11) is -3.16. The first kappa shape index (κ1) is 14.9. The zero-order chi connectivity index (χ0) is 12.6. The number of sulfonamides is 1. The molecular weight excluding hydrogens is 240 g/mol. The van der Waals surface area contributed by atoms with Crippen molar-refractivity contribution in [1.82, 2.24) is 10.0 Å². The summed E-state index contributed by atoms with van der Waals surface area (Å²) in [6, 6.07) is 0.471. The predicted octanol–water partition coefficient (Wildman–Crippen LogP) is 0.475. The molecule has 1 unspecified atom stereocenters. The number of nitrogens with one attached hydrogen (secondary N) is 2. The molecule has 1 fully saturated rings. The van der Waals surface area contributed by atoms with Crippen molar-refractivity contribution >= 4 is 10.0 Å². The van der Waals surface area contributed by atoms with Gasteiger partial charge in [0.05, 0.1) is 12.4 Å². The van der Waals surface area contributed by atoms with E-state index in [0.717, 1.165) is 19.4 Å². The summed E-state index contributed by atoms with van der Waals surface area (Å²) in [5.74, 6) is 0.0545. The van der Waals surface area contributed by atoms with Crippen molar-refractivity contribution in [3.05, 3.63) is 0 Å². The van der Waals surface area contributed by atoms with Crippen LogP contribution < -0.4 is 10.0 Å². The van der Waals surface area contributed by atoms with Crippen LogP contribution in [0.2, 0.25) is 0 Å². The fraction of sp³-hybridized carbons (Fsp3) is 1.00. The molecule has 1 aliphatic rings. The molecule has 0 aliphatic carbocycles. The van der Waals surface area contributed by atoms with Crippen molar-refractivity contribution in [2.45, 2.75) is 38.6 Å². The molecule has 1 rings (SSSR count). The van der Waals surface area contributed by atoms with Gasteiger partial charge >= 0.3 is 0 Å². The maximum absolute atomic E-state index is 11.5. The van der Waals surface area contributed by atoms with Crippen LogP contribution in [0.4, 0.5) is 0 Å². The van der Waals surface area contributed by atoms with Gasteiger partial charge in [-0.2, -0.15) is 0 Å². The number of hydrogen-bond donors (Lipinski definition) is 2. The number of piperidine rings is 1. The Morgan fingerprint density at radius 2 is 2.24 bits per heavy atom. The Morgan fingerprint density at radius 1 is 1.41 bits per heavy atom. The molecule has 0 aromatic carbocycles. The average Bonchev–Trinajstić information content (AvgIpc) is 2.30. The SMILES string of the molecule is CCOCCS(=O)(=O)NCCC1CCCCN1. The first-order chi connectivity index (χ1) is 8.14. The zero-order valence-corrected chi connectivity index (χ0v) is 11.4. The normalized spacial score (nSPS) is 21.6. The third-order valence-corrected chi connectivity index (χ3v) is 4.28. The minimum absolute atomic E-state index is 0.0545. The second-order valence-corrected chi connectivity index (χ2v) is 6.27. The number of ether oxygens (including phenoxy) is 1. The van der Waals surface area contributed by atoms with Crippen LogP contribution in [0.15, 0.2) is 0 Å². The molecule has 1 saturated heterocycles. The maximum atomic E-state index is 11.5. The van der Waals surface area contributed by atoms with Gasteiger partial charge in [-0.15, -0.1) is 0 Å². The third kappa shape index (κ3) is 6.98. The highest BCUT2D eigenvalue weighted by Crippen LogP contribution is 2.09. The van der Waals surface area contributed by atoms with E-state index in [2.05, 4.69) is 10.0 Å². The van der Waals surface area contributed by atoms with Gasteiger partial charge in [0.25, 0.3) is 0 Å². The van der Waals surface area contributed by atoms with Crippen LogP contribution >= 0.6 is 0 Å². The van der Waals surface area contributed by atoms with Crippen molar-refractivity contribution in [1.29, 1.82) is 0 Å². The summed E-state index contributed by atoms with van der Waals surface area (Å²) >= 11 is 0. The lowest BCUT2D eigenvalue weighted by molar-refractivity contribution is 0.163. The fourth-order valence-corrected chi connectivity index (χ4v) is 2.85. The summed E-state index contributed by atoms with van der Waals surface area (Å²) in [5, 5.41) is 3.40. The Morgan fingerprint density at radius 3 is 2.88 bits per heavy atom. The van der Waals surface area contributed by atoms with E-state index in [0.29, 0.717) is 19.2 Å². The summed E-state index contributed by atoms with van der Waals surface area (Å²) in [6.07, 6.45) is 4.50. The van der Waals surface area contributed by atoms with E-state index in [-0.39, 0.29) is 12.4 Å². The van der Waals surface area contributed by atoms with E-state index in [4.69, 9.17) is 4.74 Å². The lowest BCUT2D eigenvalue weighted by atomic mass is 10.0. The highest BCUT2D eigenvalue weighted by atomic mass is 32.2. The molecule has 6 heteroatoms. The van der Waals surface area contributed by atoms with Gasteiger partial charge in [-0.3, -0.25) is 0 Å². The molecule has 5 nitrogen and oxygen atoms in total. The minimum atomic E-state index is -3.16. The quantitative estimate of drug-likeness (QED) is 0.626. The second-order valence-electron chi connectivity index (χ2n) is 4.35. The first-order valence-electron chi connectivity index (χ1n) is 6.42. The highest BCUT2D eigenvalue weighted by molar-refractivity contribution is 7.89. The summed E-state index contributed by atoms with van der Waals surface area (Å²) in [5.41, 5.74) is 0. The van der Waals surface area contributed by atoms with Crippen molar-refractivity contribution in [3.63, 3.8) is 0 Å². The van der Waals surface area contributed by atoms with Crippen molar-refractivity contribution in [2.75, 3.05) is 32.1 Å². The van der Waals surface area contributed by atoms with Crippen LogP contribution in [0.5, 0.6) is 0 Å². The van der Waals surface area contributed by atoms with Crippen molar-refractivity contribution in [2.24, 2.45) is 0 Å². The standard InChI is InChI=1S/C11H24N2O3S/c1-2-16-9-10-17(14,15)13-8-6-11-5-3-4-7-12-11/h11-13H,2-10H2,1H3. The van der Waals surface area contributed by atoms with Crippen LogP contribution in [0.3, 0.4) is 0 Å². The second kappa shape index (κ2) is 8.02. The molecule has 0 amide bonds. The molecule has 102 valence electrons. The summed E-state index contributed by atoms with van der Waals surface area (Å²) < 4.78 is 30.7. The molecular formula is C11H24N2O3S. The van der Waals surface area contributed by atoms with Crippen LogP contribution in [0, 0.1) is 0 Å². The van der Waals surface area contributed by atoms with Gasteiger partial charge in [-0.1, -0.05) is 6.42 Å². The molecule has 0 saturated carbocycles. The summed E-state index contributed by atoms with van der Waals surface area (Å²) in [4.78, 5) is 0. The Bertz CT molecular complexity index is 287.